The molecule has 2 fully saturated rings. The molecule has 0 radical (unpaired) electrons. The second-order valence-electron chi connectivity index (χ2n) is 5.23. The van der Waals surface area contributed by atoms with Crippen LogP contribution < -0.4 is 0 Å². The number of hydrogen-bond donors (Lipinski definition) is 0. The molecule has 0 spiro atoms. The zero-order chi connectivity index (χ0) is 14.2. The number of nitrogens with zero attached hydrogens (tertiary/aromatic N) is 4. The number of rotatable bonds is 4. The van der Waals surface area contributed by atoms with Gasteiger partial charge in [-0.3, -0.25) is 9.48 Å². The molecule has 0 atom stereocenters. The van der Waals surface area contributed by atoms with Crippen molar-refractivity contribution in [2.45, 2.75) is 24.6 Å². The van der Waals surface area contributed by atoms with E-state index in [1.54, 1.807) is 28.0 Å². The van der Waals surface area contributed by atoms with E-state index in [9.17, 15) is 13.2 Å². The molecule has 8 heteroatoms. The SMILES string of the molecule is O=C(Cn1cccn1)N1CCN(S(=O)(=O)C2CC2)CC1. The second-order valence-corrected chi connectivity index (χ2v) is 7.44. The zero-order valence-electron chi connectivity index (χ0n) is 11.2. The fourth-order valence-electron chi connectivity index (χ4n) is 2.40. The lowest BCUT2D eigenvalue weighted by Crippen LogP contribution is -2.51. The molecule has 0 aromatic carbocycles. The predicted molar refractivity (Wildman–Crippen MR) is 72.3 cm³/mol. The van der Waals surface area contributed by atoms with Gasteiger partial charge in [-0.25, -0.2) is 8.42 Å². The molecule has 1 aromatic rings. The van der Waals surface area contributed by atoms with Gasteiger partial charge in [0.15, 0.2) is 0 Å². The second kappa shape index (κ2) is 5.17. The Kier molecular flexibility index (Phi) is 3.51. The van der Waals surface area contributed by atoms with Gasteiger partial charge in [-0.2, -0.15) is 9.40 Å². The monoisotopic (exact) mass is 298 g/mol. The summed E-state index contributed by atoms with van der Waals surface area (Å²) in [6.45, 7) is 1.95. The molecule has 1 saturated heterocycles. The van der Waals surface area contributed by atoms with Gasteiger partial charge in [-0.05, 0) is 18.9 Å². The van der Waals surface area contributed by atoms with Crippen molar-refractivity contribution in [1.82, 2.24) is 19.0 Å². The minimum absolute atomic E-state index is 0.0165. The van der Waals surface area contributed by atoms with E-state index in [-0.39, 0.29) is 17.7 Å². The normalized spacial score (nSPS) is 21.1. The molecule has 2 heterocycles. The maximum atomic E-state index is 12.1. The van der Waals surface area contributed by atoms with Gasteiger partial charge in [0.2, 0.25) is 15.9 Å². The molecule has 1 aliphatic carbocycles. The topological polar surface area (TPSA) is 75.5 Å². The van der Waals surface area contributed by atoms with Crippen LogP contribution in [0.4, 0.5) is 0 Å². The smallest absolute Gasteiger partial charge is 0.244 e. The summed E-state index contributed by atoms with van der Waals surface area (Å²) >= 11 is 0. The maximum Gasteiger partial charge on any atom is 0.244 e. The number of piperazine rings is 1. The summed E-state index contributed by atoms with van der Waals surface area (Å²) in [5.41, 5.74) is 0. The molecule has 1 aromatic heterocycles. The van der Waals surface area contributed by atoms with Crippen LogP contribution >= 0.6 is 0 Å². The van der Waals surface area contributed by atoms with Gasteiger partial charge in [-0.1, -0.05) is 0 Å². The van der Waals surface area contributed by atoms with E-state index in [0.29, 0.717) is 26.2 Å². The fourth-order valence-corrected chi connectivity index (χ4v) is 4.23. The summed E-state index contributed by atoms with van der Waals surface area (Å²) in [7, 11) is -3.11. The van der Waals surface area contributed by atoms with Crippen LogP contribution in [0.3, 0.4) is 0 Å². The summed E-state index contributed by atoms with van der Waals surface area (Å²) in [6, 6.07) is 1.77. The molecule has 7 nitrogen and oxygen atoms in total. The lowest BCUT2D eigenvalue weighted by Gasteiger charge is -2.34. The third-order valence-electron chi connectivity index (χ3n) is 3.75. The first-order valence-corrected chi connectivity index (χ1v) is 8.32. The molecule has 1 amide bonds. The van der Waals surface area contributed by atoms with Crippen LogP contribution in [-0.4, -0.2) is 64.7 Å². The summed E-state index contributed by atoms with van der Waals surface area (Å²) in [5, 5.41) is 3.83. The minimum atomic E-state index is -3.11. The summed E-state index contributed by atoms with van der Waals surface area (Å²) < 4.78 is 27.3. The van der Waals surface area contributed by atoms with Gasteiger partial charge in [0.25, 0.3) is 0 Å². The van der Waals surface area contributed by atoms with E-state index in [2.05, 4.69) is 5.10 Å². The molecule has 0 unspecified atom stereocenters. The number of sulfonamides is 1. The van der Waals surface area contributed by atoms with Crippen molar-refractivity contribution in [3.8, 4) is 0 Å². The first-order chi connectivity index (χ1) is 9.57. The third-order valence-corrected chi connectivity index (χ3v) is 6.15. The van der Waals surface area contributed by atoms with Gasteiger partial charge in [-0.15, -0.1) is 0 Å². The summed E-state index contributed by atoms with van der Waals surface area (Å²) in [5.74, 6) is -0.0165. The van der Waals surface area contributed by atoms with Gasteiger partial charge in [0, 0.05) is 38.6 Å². The van der Waals surface area contributed by atoms with Crippen molar-refractivity contribution in [2.24, 2.45) is 0 Å². The highest BCUT2D eigenvalue weighted by Crippen LogP contribution is 2.31. The van der Waals surface area contributed by atoms with Gasteiger partial charge in [0.1, 0.15) is 6.54 Å². The average molecular weight is 298 g/mol. The molecular formula is C12H18N4O3S. The Bertz CT molecular complexity index is 572. The van der Waals surface area contributed by atoms with E-state index < -0.39 is 10.0 Å². The number of amides is 1. The fraction of sp³-hybridized carbons (Fsp3) is 0.667. The molecular weight excluding hydrogens is 280 g/mol. The molecule has 0 N–H and O–H groups in total. The molecule has 1 saturated carbocycles. The van der Waals surface area contributed by atoms with E-state index in [0.717, 1.165) is 12.8 Å². The Morgan fingerprint density at radius 2 is 1.90 bits per heavy atom. The van der Waals surface area contributed by atoms with Crippen LogP contribution in [0, 0.1) is 0 Å². The number of carbonyl (C=O) groups is 1. The zero-order valence-corrected chi connectivity index (χ0v) is 12.0. The van der Waals surface area contributed by atoms with Crippen LogP contribution in [-0.2, 0) is 21.4 Å². The van der Waals surface area contributed by atoms with Gasteiger partial charge < -0.3 is 4.90 Å². The van der Waals surface area contributed by atoms with E-state index in [1.807, 2.05) is 0 Å². The molecule has 2 aliphatic rings. The highest BCUT2D eigenvalue weighted by molar-refractivity contribution is 7.90. The van der Waals surface area contributed by atoms with Gasteiger partial charge >= 0.3 is 0 Å². The maximum absolute atomic E-state index is 12.1. The molecule has 1 aliphatic heterocycles. The molecule has 110 valence electrons. The quantitative estimate of drug-likeness (QED) is 0.752. The highest BCUT2D eigenvalue weighted by Gasteiger charge is 2.41. The Balaban J connectivity index is 1.54. The Morgan fingerprint density at radius 1 is 1.20 bits per heavy atom. The first kappa shape index (κ1) is 13.6. The average Bonchev–Trinajstić information content (AvgIpc) is 3.19. The Hall–Kier alpha value is -1.41. The standard InChI is InChI=1S/C12H18N4O3S/c17-12(10-15-5-1-4-13-15)14-6-8-16(9-7-14)20(18,19)11-2-3-11/h1,4-5,11H,2-3,6-10H2. The number of hydrogen-bond acceptors (Lipinski definition) is 4. The third kappa shape index (κ3) is 2.71. The van der Waals surface area contributed by atoms with Crippen LogP contribution in [0.25, 0.3) is 0 Å². The van der Waals surface area contributed by atoms with Crippen molar-refractivity contribution >= 4 is 15.9 Å². The van der Waals surface area contributed by atoms with Crippen LogP contribution in [0.2, 0.25) is 0 Å². The summed E-state index contributed by atoms with van der Waals surface area (Å²) in [4.78, 5) is 13.8. The molecule has 0 bridgehead atoms. The first-order valence-electron chi connectivity index (χ1n) is 6.81. The van der Waals surface area contributed by atoms with E-state index in [4.69, 9.17) is 0 Å². The highest BCUT2D eigenvalue weighted by atomic mass is 32.2. The Morgan fingerprint density at radius 3 is 2.45 bits per heavy atom. The lowest BCUT2D eigenvalue weighted by molar-refractivity contribution is -0.133. The van der Waals surface area contributed by atoms with Crippen LogP contribution in [0.15, 0.2) is 18.5 Å². The number of aromatic nitrogens is 2. The van der Waals surface area contributed by atoms with Crippen molar-refractivity contribution in [3.05, 3.63) is 18.5 Å². The van der Waals surface area contributed by atoms with Crippen molar-refractivity contribution in [2.75, 3.05) is 26.2 Å². The van der Waals surface area contributed by atoms with Crippen molar-refractivity contribution in [3.63, 3.8) is 0 Å². The van der Waals surface area contributed by atoms with Crippen LogP contribution in [0.5, 0.6) is 0 Å². The molecule has 3 rings (SSSR count). The molecule has 20 heavy (non-hydrogen) atoms. The van der Waals surface area contributed by atoms with Crippen molar-refractivity contribution in [1.29, 1.82) is 0 Å². The van der Waals surface area contributed by atoms with Gasteiger partial charge in [0.05, 0.1) is 5.25 Å². The lowest BCUT2D eigenvalue weighted by atomic mass is 10.3. The number of carbonyl (C=O) groups excluding carboxylic acids is 1. The van der Waals surface area contributed by atoms with E-state index >= 15 is 0 Å². The largest absolute Gasteiger partial charge is 0.338 e. The van der Waals surface area contributed by atoms with Crippen molar-refractivity contribution < 1.29 is 13.2 Å². The minimum Gasteiger partial charge on any atom is -0.338 e. The Labute approximate surface area is 118 Å². The van der Waals surface area contributed by atoms with E-state index in [1.165, 1.54) is 4.31 Å². The summed E-state index contributed by atoms with van der Waals surface area (Å²) in [6.07, 6.45) is 4.93. The predicted octanol–water partition coefficient (Wildman–Crippen LogP) is -0.480. The van der Waals surface area contributed by atoms with Crippen LogP contribution in [0.1, 0.15) is 12.8 Å².